The third-order valence-electron chi connectivity index (χ3n) is 3.28. The number of hydrogen-bond donors (Lipinski definition) is 2. The summed E-state index contributed by atoms with van der Waals surface area (Å²) in [5.74, 6) is -0.0485. The highest BCUT2D eigenvalue weighted by Gasteiger charge is 2.32. The summed E-state index contributed by atoms with van der Waals surface area (Å²) in [6.07, 6.45) is 2.60. The van der Waals surface area contributed by atoms with Crippen molar-refractivity contribution in [3.63, 3.8) is 0 Å². The van der Waals surface area contributed by atoms with Crippen LogP contribution in [0.4, 0.5) is 0 Å². The van der Waals surface area contributed by atoms with Crippen molar-refractivity contribution >= 4 is 5.97 Å². The number of nitrogens with zero attached hydrogens (tertiary/aromatic N) is 1. The SMILES string of the molecule is CNC(C)(CN(C)CCOCC1CC1)C(=O)O. The van der Waals surface area contributed by atoms with E-state index in [1.54, 1.807) is 14.0 Å². The number of ether oxygens (including phenoxy) is 1. The number of carbonyl (C=O) groups is 1. The summed E-state index contributed by atoms with van der Waals surface area (Å²) in [5.41, 5.74) is -0.898. The molecule has 100 valence electrons. The average molecular weight is 244 g/mol. The zero-order valence-electron chi connectivity index (χ0n) is 11.0. The van der Waals surface area contributed by atoms with Gasteiger partial charge in [-0.05, 0) is 39.8 Å². The van der Waals surface area contributed by atoms with Crippen molar-refractivity contribution < 1.29 is 14.6 Å². The topological polar surface area (TPSA) is 61.8 Å². The first-order valence-corrected chi connectivity index (χ1v) is 6.16. The van der Waals surface area contributed by atoms with Gasteiger partial charge in [0.15, 0.2) is 0 Å². The van der Waals surface area contributed by atoms with Gasteiger partial charge < -0.3 is 20.1 Å². The van der Waals surface area contributed by atoms with E-state index in [2.05, 4.69) is 5.32 Å². The van der Waals surface area contributed by atoms with Crippen molar-refractivity contribution in [3.05, 3.63) is 0 Å². The standard InChI is InChI=1S/C12H24N2O3/c1-12(13-2,11(15)16)9-14(3)6-7-17-8-10-4-5-10/h10,13H,4-9H2,1-3H3,(H,15,16). The van der Waals surface area contributed by atoms with Crippen LogP contribution in [0.2, 0.25) is 0 Å². The van der Waals surface area contributed by atoms with E-state index < -0.39 is 11.5 Å². The molecule has 5 nitrogen and oxygen atoms in total. The Morgan fingerprint density at radius 3 is 2.71 bits per heavy atom. The maximum absolute atomic E-state index is 11.1. The predicted molar refractivity (Wildman–Crippen MR) is 66.1 cm³/mol. The molecule has 0 heterocycles. The maximum Gasteiger partial charge on any atom is 0.324 e. The highest BCUT2D eigenvalue weighted by Crippen LogP contribution is 2.28. The molecule has 1 fully saturated rings. The molecule has 5 heteroatoms. The Balaban J connectivity index is 2.17. The Bertz CT molecular complexity index is 256. The largest absolute Gasteiger partial charge is 0.480 e. The highest BCUT2D eigenvalue weighted by molar-refractivity contribution is 5.78. The molecule has 0 spiro atoms. The van der Waals surface area contributed by atoms with E-state index in [9.17, 15) is 4.79 Å². The molecule has 0 saturated heterocycles. The second kappa shape index (κ2) is 6.33. The number of carboxylic acids is 1. The first-order chi connectivity index (χ1) is 7.98. The molecule has 0 radical (unpaired) electrons. The number of likely N-dealkylation sites (N-methyl/N-ethyl adjacent to an activating group) is 2. The normalized spacial score (nSPS) is 19.3. The summed E-state index contributed by atoms with van der Waals surface area (Å²) < 4.78 is 5.53. The minimum atomic E-state index is -0.898. The van der Waals surface area contributed by atoms with Crippen LogP contribution < -0.4 is 5.32 Å². The van der Waals surface area contributed by atoms with Gasteiger partial charge in [0.1, 0.15) is 5.54 Å². The second-order valence-electron chi connectivity index (χ2n) is 5.14. The van der Waals surface area contributed by atoms with Crippen LogP contribution in [0, 0.1) is 5.92 Å². The minimum absolute atomic E-state index is 0.464. The monoisotopic (exact) mass is 244 g/mol. The Kier molecular flexibility index (Phi) is 5.36. The molecule has 1 unspecified atom stereocenters. The summed E-state index contributed by atoms with van der Waals surface area (Å²) in [7, 11) is 3.59. The molecule has 1 aliphatic rings. The lowest BCUT2D eigenvalue weighted by Crippen LogP contribution is -2.55. The molecule has 0 aromatic heterocycles. The van der Waals surface area contributed by atoms with Gasteiger partial charge in [0.05, 0.1) is 6.61 Å². The molecule has 0 bridgehead atoms. The molecule has 0 aliphatic heterocycles. The van der Waals surface area contributed by atoms with Gasteiger partial charge in [0.2, 0.25) is 0 Å². The lowest BCUT2D eigenvalue weighted by atomic mass is 10.0. The summed E-state index contributed by atoms with van der Waals surface area (Å²) >= 11 is 0. The summed E-state index contributed by atoms with van der Waals surface area (Å²) in [4.78, 5) is 13.1. The lowest BCUT2D eigenvalue weighted by molar-refractivity contribution is -0.144. The number of hydrogen-bond acceptors (Lipinski definition) is 4. The second-order valence-corrected chi connectivity index (χ2v) is 5.14. The number of carboxylic acid groups (broad SMARTS) is 1. The van der Waals surface area contributed by atoms with Crippen LogP contribution in [0.15, 0.2) is 0 Å². The Labute approximate surface area is 103 Å². The summed E-state index contributed by atoms with van der Waals surface area (Å²) in [6.45, 7) is 4.45. The fraction of sp³-hybridized carbons (Fsp3) is 0.917. The quantitative estimate of drug-likeness (QED) is 0.575. The lowest BCUT2D eigenvalue weighted by Gasteiger charge is -2.29. The van der Waals surface area contributed by atoms with Crippen molar-refractivity contribution in [1.29, 1.82) is 0 Å². The van der Waals surface area contributed by atoms with Crippen molar-refractivity contribution in [2.75, 3.05) is 40.4 Å². The Morgan fingerprint density at radius 1 is 1.59 bits per heavy atom. The average Bonchev–Trinajstić information content (AvgIpc) is 3.07. The predicted octanol–water partition coefficient (Wildman–Crippen LogP) is 0.408. The molecule has 1 saturated carbocycles. The van der Waals surface area contributed by atoms with E-state index in [0.29, 0.717) is 13.2 Å². The minimum Gasteiger partial charge on any atom is -0.480 e. The molecule has 17 heavy (non-hydrogen) atoms. The van der Waals surface area contributed by atoms with Crippen LogP contribution in [0.25, 0.3) is 0 Å². The maximum atomic E-state index is 11.1. The third-order valence-corrected chi connectivity index (χ3v) is 3.28. The van der Waals surface area contributed by atoms with Crippen LogP contribution in [0.1, 0.15) is 19.8 Å². The molecule has 0 aromatic carbocycles. The van der Waals surface area contributed by atoms with Crippen molar-refractivity contribution in [3.8, 4) is 0 Å². The zero-order chi connectivity index (χ0) is 12.9. The van der Waals surface area contributed by atoms with Crippen LogP contribution in [-0.4, -0.2) is 61.9 Å². The number of rotatable bonds is 9. The van der Waals surface area contributed by atoms with Crippen molar-refractivity contribution in [2.45, 2.75) is 25.3 Å². The fourth-order valence-electron chi connectivity index (χ4n) is 1.63. The first-order valence-electron chi connectivity index (χ1n) is 6.16. The van der Waals surface area contributed by atoms with Gasteiger partial charge in [-0.1, -0.05) is 0 Å². The molecule has 1 atom stereocenters. The first kappa shape index (κ1) is 14.4. The molecule has 1 aliphatic carbocycles. The van der Waals surface area contributed by atoms with Gasteiger partial charge in [-0.15, -0.1) is 0 Å². The van der Waals surface area contributed by atoms with E-state index in [1.165, 1.54) is 12.8 Å². The van der Waals surface area contributed by atoms with Gasteiger partial charge in [-0.2, -0.15) is 0 Å². The molecule has 0 aromatic rings. The van der Waals surface area contributed by atoms with Crippen molar-refractivity contribution in [1.82, 2.24) is 10.2 Å². The number of nitrogens with one attached hydrogen (secondary N) is 1. The van der Waals surface area contributed by atoms with Gasteiger partial charge in [0.25, 0.3) is 0 Å². The summed E-state index contributed by atoms with van der Waals surface area (Å²) in [6, 6.07) is 0. The molecule has 2 N–H and O–H groups in total. The van der Waals surface area contributed by atoms with Crippen LogP contribution in [-0.2, 0) is 9.53 Å². The molecular weight excluding hydrogens is 220 g/mol. The fourth-order valence-corrected chi connectivity index (χ4v) is 1.63. The Hall–Kier alpha value is -0.650. The van der Waals surface area contributed by atoms with E-state index in [0.717, 1.165) is 19.1 Å². The van der Waals surface area contributed by atoms with Crippen molar-refractivity contribution in [2.24, 2.45) is 5.92 Å². The van der Waals surface area contributed by atoms with Gasteiger partial charge in [-0.25, -0.2) is 0 Å². The van der Waals surface area contributed by atoms with Gasteiger partial charge in [0, 0.05) is 19.7 Å². The van der Waals surface area contributed by atoms with E-state index in [-0.39, 0.29) is 0 Å². The van der Waals surface area contributed by atoms with Crippen LogP contribution in [0.5, 0.6) is 0 Å². The smallest absolute Gasteiger partial charge is 0.324 e. The van der Waals surface area contributed by atoms with E-state index in [1.807, 2.05) is 11.9 Å². The number of aliphatic carboxylic acids is 1. The van der Waals surface area contributed by atoms with Gasteiger partial charge >= 0.3 is 5.97 Å². The highest BCUT2D eigenvalue weighted by atomic mass is 16.5. The van der Waals surface area contributed by atoms with Crippen LogP contribution >= 0.6 is 0 Å². The van der Waals surface area contributed by atoms with E-state index in [4.69, 9.17) is 9.84 Å². The molecule has 1 rings (SSSR count). The third kappa shape index (κ3) is 5.02. The molecule has 0 amide bonds. The Morgan fingerprint density at radius 2 is 2.24 bits per heavy atom. The van der Waals surface area contributed by atoms with Gasteiger partial charge in [-0.3, -0.25) is 4.79 Å². The van der Waals surface area contributed by atoms with Crippen LogP contribution in [0.3, 0.4) is 0 Å². The zero-order valence-corrected chi connectivity index (χ0v) is 11.0. The summed E-state index contributed by atoms with van der Waals surface area (Å²) in [5, 5.41) is 12.0. The molecular formula is C12H24N2O3. The van der Waals surface area contributed by atoms with E-state index >= 15 is 0 Å².